The standard InChI is InChI=1S/C18H31BO2Si/c1-14(2)20-19(21-15(3)4)16(5)17(6)22(7,8)18-12-10-9-11-13-18/h9-15,17H,5H2,1-4,6-8H3. The van der Waals surface area contributed by atoms with Crippen molar-refractivity contribution < 1.29 is 9.31 Å². The van der Waals surface area contributed by atoms with E-state index in [1.165, 1.54) is 5.19 Å². The van der Waals surface area contributed by atoms with E-state index >= 15 is 0 Å². The Kier molecular flexibility index (Phi) is 7.11. The van der Waals surface area contributed by atoms with Crippen LogP contribution in [-0.2, 0) is 9.31 Å². The Labute approximate surface area is 138 Å². The summed E-state index contributed by atoms with van der Waals surface area (Å²) in [6.07, 6.45) is 0.239. The van der Waals surface area contributed by atoms with Gasteiger partial charge in [-0.05, 0) is 38.7 Å². The van der Waals surface area contributed by atoms with Gasteiger partial charge in [-0.2, -0.15) is 0 Å². The zero-order valence-electron chi connectivity index (χ0n) is 15.2. The minimum absolute atomic E-state index is 0.120. The smallest absolute Gasteiger partial charge is 0.405 e. The maximum absolute atomic E-state index is 5.98. The highest BCUT2D eigenvalue weighted by Gasteiger charge is 2.38. The van der Waals surface area contributed by atoms with Crippen LogP contribution in [0.4, 0.5) is 0 Å². The first-order valence-electron chi connectivity index (χ1n) is 8.21. The predicted octanol–water partition coefficient (Wildman–Crippen LogP) is 4.43. The summed E-state index contributed by atoms with van der Waals surface area (Å²) in [5, 5.41) is 1.44. The Hall–Kier alpha value is -0.838. The maximum Gasteiger partial charge on any atom is 0.489 e. The highest BCUT2D eigenvalue weighted by Crippen LogP contribution is 2.31. The molecule has 22 heavy (non-hydrogen) atoms. The normalized spacial score (nSPS) is 13.5. The fourth-order valence-electron chi connectivity index (χ4n) is 2.49. The molecular weight excluding hydrogens is 287 g/mol. The summed E-state index contributed by atoms with van der Waals surface area (Å²) >= 11 is 0. The van der Waals surface area contributed by atoms with E-state index < -0.39 is 8.07 Å². The topological polar surface area (TPSA) is 18.5 Å². The van der Waals surface area contributed by atoms with Gasteiger partial charge in [0.1, 0.15) is 0 Å². The fourth-order valence-corrected chi connectivity index (χ4v) is 5.10. The third-order valence-corrected chi connectivity index (χ3v) is 8.61. The van der Waals surface area contributed by atoms with Gasteiger partial charge in [0, 0.05) is 12.2 Å². The van der Waals surface area contributed by atoms with Crippen LogP contribution in [0.2, 0.25) is 18.6 Å². The summed E-state index contributed by atoms with van der Waals surface area (Å²) < 4.78 is 12.0. The molecule has 0 aliphatic rings. The molecule has 0 aliphatic heterocycles. The van der Waals surface area contributed by atoms with E-state index in [1.54, 1.807) is 0 Å². The van der Waals surface area contributed by atoms with Gasteiger partial charge in [0.25, 0.3) is 0 Å². The molecule has 0 aromatic heterocycles. The number of hydrogen-bond acceptors (Lipinski definition) is 2. The lowest BCUT2D eigenvalue weighted by molar-refractivity contribution is 0.135. The van der Waals surface area contributed by atoms with Crippen LogP contribution in [0, 0.1) is 0 Å². The second-order valence-electron chi connectivity index (χ2n) is 7.09. The van der Waals surface area contributed by atoms with Gasteiger partial charge in [0.2, 0.25) is 0 Å². The van der Waals surface area contributed by atoms with Crippen molar-refractivity contribution in [3.63, 3.8) is 0 Å². The Bertz CT molecular complexity index is 461. The Morgan fingerprint density at radius 3 is 1.82 bits per heavy atom. The van der Waals surface area contributed by atoms with E-state index in [0.29, 0.717) is 5.54 Å². The molecule has 1 aromatic rings. The second-order valence-corrected chi connectivity index (χ2v) is 12.0. The van der Waals surface area contributed by atoms with Gasteiger partial charge in [-0.15, -0.1) is 6.58 Å². The molecule has 0 amide bonds. The van der Waals surface area contributed by atoms with Crippen LogP contribution < -0.4 is 5.19 Å². The lowest BCUT2D eigenvalue weighted by atomic mass is 9.76. The molecule has 0 aliphatic carbocycles. The molecule has 0 fully saturated rings. The van der Waals surface area contributed by atoms with Crippen molar-refractivity contribution in [2.24, 2.45) is 0 Å². The summed E-state index contributed by atoms with van der Waals surface area (Å²) in [5.41, 5.74) is 1.43. The molecule has 0 saturated carbocycles. The highest BCUT2D eigenvalue weighted by molar-refractivity contribution is 6.92. The molecule has 1 atom stereocenters. The van der Waals surface area contributed by atoms with Gasteiger partial charge in [-0.3, -0.25) is 0 Å². The third kappa shape index (κ3) is 5.11. The first-order chi connectivity index (χ1) is 10.2. The fraction of sp³-hybridized carbons (Fsp3) is 0.556. The molecule has 1 rings (SSSR count). The van der Waals surface area contributed by atoms with E-state index in [0.717, 1.165) is 5.47 Å². The lowest BCUT2D eigenvalue weighted by Gasteiger charge is -2.34. The monoisotopic (exact) mass is 318 g/mol. The summed E-state index contributed by atoms with van der Waals surface area (Å²) in [6, 6.07) is 10.8. The highest BCUT2D eigenvalue weighted by atomic mass is 28.3. The first kappa shape index (κ1) is 19.2. The van der Waals surface area contributed by atoms with Crippen LogP contribution in [0.15, 0.2) is 42.4 Å². The largest absolute Gasteiger partial charge is 0.489 e. The van der Waals surface area contributed by atoms with Crippen molar-refractivity contribution in [3.05, 3.63) is 42.4 Å². The predicted molar refractivity (Wildman–Crippen MR) is 100 cm³/mol. The third-order valence-electron chi connectivity index (χ3n) is 4.25. The molecule has 1 unspecified atom stereocenters. The molecule has 0 N–H and O–H groups in total. The average molecular weight is 318 g/mol. The molecule has 122 valence electrons. The Morgan fingerprint density at radius 2 is 1.41 bits per heavy atom. The second kappa shape index (κ2) is 8.14. The summed E-state index contributed by atoms with van der Waals surface area (Å²) in [4.78, 5) is 0. The molecule has 0 spiro atoms. The quantitative estimate of drug-likeness (QED) is 0.660. The van der Waals surface area contributed by atoms with Gasteiger partial charge >= 0.3 is 7.12 Å². The van der Waals surface area contributed by atoms with Crippen LogP contribution in [0.1, 0.15) is 34.6 Å². The molecule has 1 aromatic carbocycles. The van der Waals surface area contributed by atoms with Crippen molar-refractivity contribution >= 4 is 20.4 Å². The molecule has 0 heterocycles. The van der Waals surface area contributed by atoms with Crippen molar-refractivity contribution in [3.8, 4) is 0 Å². The van der Waals surface area contributed by atoms with Crippen molar-refractivity contribution in [2.45, 2.75) is 65.5 Å². The minimum Gasteiger partial charge on any atom is -0.405 e. The van der Waals surface area contributed by atoms with Gasteiger partial charge in [0.05, 0.1) is 8.07 Å². The van der Waals surface area contributed by atoms with E-state index in [9.17, 15) is 0 Å². The van der Waals surface area contributed by atoms with Crippen molar-refractivity contribution in [1.82, 2.24) is 0 Å². The van der Waals surface area contributed by atoms with Crippen LogP contribution in [-0.4, -0.2) is 27.4 Å². The summed E-state index contributed by atoms with van der Waals surface area (Å²) in [5.74, 6) is 0. The number of hydrogen-bond donors (Lipinski definition) is 0. The van der Waals surface area contributed by atoms with E-state index in [1.807, 2.05) is 27.7 Å². The van der Waals surface area contributed by atoms with Crippen molar-refractivity contribution in [1.29, 1.82) is 0 Å². The zero-order chi connectivity index (χ0) is 16.9. The molecule has 0 bridgehead atoms. The van der Waals surface area contributed by atoms with Gasteiger partial charge < -0.3 is 9.31 Å². The zero-order valence-corrected chi connectivity index (χ0v) is 16.2. The van der Waals surface area contributed by atoms with E-state index in [4.69, 9.17) is 9.31 Å². The number of benzene rings is 1. The van der Waals surface area contributed by atoms with Gasteiger partial charge in [-0.1, -0.05) is 55.5 Å². The molecule has 4 heteroatoms. The van der Waals surface area contributed by atoms with Crippen LogP contribution >= 0.6 is 0 Å². The van der Waals surface area contributed by atoms with E-state index in [2.05, 4.69) is 56.9 Å². The Morgan fingerprint density at radius 1 is 0.955 bits per heavy atom. The number of allylic oxidation sites excluding steroid dienone is 1. The van der Waals surface area contributed by atoms with E-state index in [-0.39, 0.29) is 19.3 Å². The SMILES string of the molecule is C=C(B(OC(C)C)OC(C)C)C(C)[Si](C)(C)c1ccccc1. The molecular formula is C18H31BO2Si. The average Bonchev–Trinajstić information content (AvgIpc) is 2.45. The molecule has 0 saturated heterocycles. The lowest BCUT2D eigenvalue weighted by Crippen LogP contribution is -2.48. The van der Waals surface area contributed by atoms with Gasteiger partial charge in [-0.25, -0.2) is 0 Å². The summed E-state index contributed by atoms with van der Waals surface area (Å²) in [6.45, 7) is 19.5. The Balaban J connectivity index is 2.96. The van der Waals surface area contributed by atoms with Crippen LogP contribution in [0.5, 0.6) is 0 Å². The first-order valence-corrected chi connectivity index (χ1v) is 11.3. The van der Waals surface area contributed by atoms with Crippen molar-refractivity contribution in [2.75, 3.05) is 0 Å². The number of rotatable bonds is 8. The van der Waals surface area contributed by atoms with Gasteiger partial charge in [0.15, 0.2) is 0 Å². The minimum atomic E-state index is -1.67. The molecule has 2 nitrogen and oxygen atoms in total. The molecule has 0 radical (unpaired) electrons. The van der Waals surface area contributed by atoms with Crippen LogP contribution in [0.3, 0.4) is 0 Å². The maximum atomic E-state index is 5.98. The van der Waals surface area contributed by atoms with Crippen LogP contribution in [0.25, 0.3) is 0 Å². The summed E-state index contributed by atoms with van der Waals surface area (Å²) in [7, 11) is -2.00.